The van der Waals surface area contributed by atoms with Crippen LogP contribution in [0.4, 0.5) is 11.4 Å². The number of anilines is 2. The van der Waals surface area contributed by atoms with Crippen LogP contribution in [0, 0.1) is 0 Å². The fraction of sp³-hybridized carbons (Fsp3) is 0.407. The maximum Gasteiger partial charge on any atom is 0.221 e. The highest BCUT2D eigenvalue weighted by molar-refractivity contribution is 5.98. The number of methoxy groups -OCH3 is 1. The number of para-hydroxylation sites is 1. The summed E-state index contributed by atoms with van der Waals surface area (Å²) in [5.41, 5.74) is 9.63. The molecule has 0 radical (unpaired) electrons. The number of aliphatic hydroxyl groups excluding tert-OH is 2. The van der Waals surface area contributed by atoms with Crippen molar-refractivity contribution in [3.8, 4) is 11.5 Å². The molecule has 0 saturated carbocycles. The third kappa shape index (κ3) is 5.87. The second kappa shape index (κ2) is 11.6. The molecule has 2 aromatic carbocycles. The number of aryl methyl sites for hydroxylation is 1. The summed E-state index contributed by atoms with van der Waals surface area (Å²) in [5.74, 6) is 0.460. The van der Waals surface area contributed by atoms with Gasteiger partial charge in [0.1, 0.15) is 18.9 Å². The summed E-state index contributed by atoms with van der Waals surface area (Å²) >= 11 is 0. The Morgan fingerprint density at radius 1 is 1.28 bits per heavy atom. The molecule has 1 aromatic heterocycles. The number of primary amides is 1. The summed E-state index contributed by atoms with van der Waals surface area (Å²) in [5, 5.41) is 24.8. The molecule has 0 aliphatic carbocycles. The van der Waals surface area contributed by atoms with Crippen LogP contribution in [0.3, 0.4) is 0 Å². The van der Waals surface area contributed by atoms with E-state index in [1.165, 1.54) is 0 Å². The van der Waals surface area contributed by atoms with E-state index in [1.54, 1.807) is 25.4 Å². The molecule has 2 atom stereocenters. The smallest absolute Gasteiger partial charge is 0.221 e. The van der Waals surface area contributed by atoms with Gasteiger partial charge in [0.15, 0.2) is 11.5 Å². The van der Waals surface area contributed by atoms with Gasteiger partial charge in [-0.1, -0.05) is 25.1 Å². The summed E-state index contributed by atoms with van der Waals surface area (Å²) in [7, 11) is 1.54. The molecule has 2 heterocycles. The second-order valence-electron chi connectivity index (χ2n) is 9.04. The molecule has 4 rings (SSSR count). The number of fused-ring (bicyclic) bond motifs is 1. The summed E-state index contributed by atoms with van der Waals surface area (Å²) in [6.45, 7) is 3.18. The molecule has 9 heteroatoms. The molecule has 1 aliphatic heterocycles. The van der Waals surface area contributed by atoms with Gasteiger partial charge >= 0.3 is 0 Å². The number of nitrogens with one attached hydrogen (secondary N) is 1. The zero-order valence-electron chi connectivity index (χ0n) is 20.7. The highest BCUT2D eigenvalue weighted by atomic mass is 16.5. The predicted octanol–water partition coefficient (Wildman–Crippen LogP) is 2.73. The van der Waals surface area contributed by atoms with E-state index in [2.05, 4.69) is 23.3 Å². The van der Waals surface area contributed by atoms with Crippen LogP contribution in [0.1, 0.15) is 30.9 Å². The van der Waals surface area contributed by atoms with Gasteiger partial charge in [-0.15, -0.1) is 0 Å². The lowest BCUT2D eigenvalue weighted by Gasteiger charge is -2.23. The van der Waals surface area contributed by atoms with Crippen LogP contribution in [0.5, 0.6) is 11.5 Å². The average molecular weight is 495 g/mol. The number of ether oxygens (including phenoxy) is 2. The minimum atomic E-state index is -0.786. The Labute approximate surface area is 210 Å². The van der Waals surface area contributed by atoms with E-state index < -0.39 is 18.2 Å². The van der Waals surface area contributed by atoms with Crippen molar-refractivity contribution in [3.05, 3.63) is 53.7 Å². The molecule has 1 amide bonds. The van der Waals surface area contributed by atoms with Gasteiger partial charge in [0.2, 0.25) is 5.91 Å². The third-order valence-electron chi connectivity index (χ3n) is 6.46. The molecular weight excluding hydrogens is 460 g/mol. The quantitative estimate of drug-likeness (QED) is 0.320. The summed E-state index contributed by atoms with van der Waals surface area (Å²) in [6.07, 6.45) is 2.82. The van der Waals surface area contributed by atoms with E-state index in [0.29, 0.717) is 41.2 Å². The predicted molar refractivity (Wildman–Crippen MR) is 139 cm³/mol. The van der Waals surface area contributed by atoms with E-state index in [9.17, 15) is 15.0 Å². The lowest BCUT2D eigenvalue weighted by atomic mass is 10.0. The number of carbonyl (C=O) groups excluding carboxylic acids is 1. The minimum Gasteiger partial charge on any atom is -0.493 e. The number of carbonyl (C=O) groups is 1. The van der Waals surface area contributed by atoms with E-state index >= 15 is 0 Å². The third-order valence-corrected chi connectivity index (χ3v) is 6.46. The largest absolute Gasteiger partial charge is 0.493 e. The number of aliphatic hydroxyl groups is 2. The fourth-order valence-corrected chi connectivity index (χ4v) is 4.60. The van der Waals surface area contributed by atoms with Crippen LogP contribution in [-0.4, -0.2) is 65.1 Å². The Morgan fingerprint density at radius 3 is 2.78 bits per heavy atom. The van der Waals surface area contributed by atoms with Gasteiger partial charge in [0, 0.05) is 42.0 Å². The number of β-amino-alcohol motifs (C(OH)–C–C–N with tert-alkyl or cyclic N) is 1. The van der Waals surface area contributed by atoms with Crippen LogP contribution in [0.2, 0.25) is 0 Å². The first-order valence-electron chi connectivity index (χ1n) is 12.3. The Hall–Kier alpha value is -3.40. The highest BCUT2D eigenvalue weighted by Crippen LogP contribution is 2.38. The lowest BCUT2D eigenvalue weighted by Crippen LogP contribution is -2.38. The van der Waals surface area contributed by atoms with Crippen molar-refractivity contribution in [1.82, 2.24) is 9.88 Å². The van der Waals surface area contributed by atoms with Crippen molar-refractivity contribution >= 4 is 28.2 Å². The number of benzene rings is 2. The molecule has 9 nitrogen and oxygen atoms in total. The van der Waals surface area contributed by atoms with Crippen LogP contribution in [0.15, 0.2) is 42.6 Å². The first-order chi connectivity index (χ1) is 17.4. The topological polar surface area (TPSA) is 130 Å². The van der Waals surface area contributed by atoms with Crippen molar-refractivity contribution in [3.63, 3.8) is 0 Å². The number of likely N-dealkylation sites (tertiary alicyclic amines) is 1. The Kier molecular flexibility index (Phi) is 8.25. The molecule has 5 N–H and O–H groups in total. The Bertz CT molecular complexity index is 1220. The van der Waals surface area contributed by atoms with E-state index in [0.717, 1.165) is 36.0 Å². The number of rotatable bonds is 11. The van der Waals surface area contributed by atoms with Gasteiger partial charge in [-0.2, -0.15) is 0 Å². The van der Waals surface area contributed by atoms with Crippen molar-refractivity contribution in [1.29, 1.82) is 0 Å². The summed E-state index contributed by atoms with van der Waals surface area (Å²) < 4.78 is 11.5. The molecular formula is C27H34N4O5. The fourth-order valence-electron chi connectivity index (χ4n) is 4.60. The molecule has 192 valence electrons. The standard InChI is InChI=1S/C27H34N4O5/c1-3-17-7-4-5-8-21(17)30-27-18(11-25(28)33)14-29-22-13-23(35-2)24(12-20(22)27)36-16-19(32)15-31-10-6-9-26(31)34/h4-5,7-8,12-14,19,26,32,34H,3,6,9-11,15-16H2,1-2H3,(H2,28,33)(H,29,30). The van der Waals surface area contributed by atoms with Gasteiger partial charge in [-0.05, 0) is 37.0 Å². The van der Waals surface area contributed by atoms with Gasteiger partial charge in [-0.3, -0.25) is 14.7 Å². The molecule has 1 saturated heterocycles. The summed E-state index contributed by atoms with van der Waals surface area (Å²) in [6, 6.07) is 11.6. The van der Waals surface area contributed by atoms with Crippen molar-refractivity contribution in [2.24, 2.45) is 5.73 Å². The van der Waals surface area contributed by atoms with Crippen molar-refractivity contribution < 1.29 is 24.5 Å². The molecule has 0 spiro atoms. The highest BCUT2D eigenvalue weighted by Gasteiger charge is 2.24. The first kappa shape index (κ1) is 25.7. The van der Waals surface area contributed by atoms with Gasteiger partial charge < -0.3 is 30.7 Å². The molecule has 36 heavy (non-hydrogen) atoms. The molecule has 3 aromatic rings. The number of pyridine rings is 1. The van der Waals surface area contributed by atoms with E-state index in [-0.39, 0.29) is 13.0 Å². The molecule has 0 bridgehead atoms. The Morgan fingerprint density at radius 2 is 2.08 bits per heavy atom. The second-order valence-corrected chi connectivity index (χ2v) is 9.04. The number of aromatic nitrogens is 1. The van der Waals surface area contributed by atoms with Crippen LogP contribution >= 0.6 is 0 Å². The molecule has 1 fully saturated rings. The average Bonchev–Trinajstić information content (AvgIpc) is 3.27. The van der Waals surface area contributed by atoms with Crippen molar-refractivity contribution in [2.45, 2.75) is 44.9 Å². The normalized spacial score (nSPS) is 16.7. The SMILES string of the molecule is CCc1ccccc1Nc1c(CC(N)=O)cnc2cc(OC)c(OCC(O)CN3CCCC3O)cc12. The Balaban J connectivity index is 1.68. The maximum absolute atomic E-state index is 11.8. The zero-order valence-corrected chi connectivity index (χ0v) is 20.7. The van der Waals surface area contributed by atoms with Gasteiger partial charge in [-0.25, -0.2) is 0 Å². The zero-order chi connectivity index (χ0) is 25.7. The van der Waals surface area contributed by atoms with Crippen LogP contribution < -0.4 is 20.5 Å². The maximum atomic E-state index is 11.8. The number of hydrogen-bond acceptors (Lipinski definition) is 8. The monoisotopic (exact) mass is 494 g/mol. The van der Waals surface area contributed by atoms with Crippen LogP contribution in [-0.2, 0) is 17.6 Å². The first-order valence-corrected chi connectivity index (χ1v) is 12.3. The number of nitrogens with zero attached hydrogens (tertiary/aromatic N) is 2. The van der Waals surface area contributed by atoms with E-state index in [4.69, 9.17) is 15.2 Å². The molecule has 1 aliphatic rings. The van der Waals surface area contributed by atoms with Crippen molar-refractivity contribution in [2.75, 3.05) is 32.1 Å². The van der Waals surface area contributed by atoms with E-state index in [1.807, 2.05) is 23.1 Å². The summed E-state index contributed by atoms with van der Waals surface area (Å²) in [4.78, 5) is 18.2. The minimum absolute atomic E-state index is 0.0264. The van der Waals surface area contributed by atoms with Crippen LogP contribution in [0.25, 0.3) is 10.9 Å². The van der Waals surface area contributed by atoms with Gasteiger partial charge in [0.25, 0.3) is 0 Å². The number of hydrogen-bond donors (Lipinski definition) is 4. The number of nitrogens with two attached hydrogens (primary N) is 1. The van der Waals surface area contributed by atoms with Gasteiger partial charge in [0.05, 0.1) is 24.7 Å². The number of amides is 1. The lowest BCUT2D eigenvalue weighted by molar-refractivity contribution is -0.117. The molecule has 2 unspecified atom stereocenters.